The fourth-order valence-corrected chi connectivity index (χ4v) is 3.86. The molecule has 0 bridgehead atoms. The van der Waals surface area contributed by atoms with Crippen LogP contribution in [0.4, 0.5) is 0 Å². The van der Waals surface area contributed by atoms with E-state index in [1.165, 1.54) is 27.5 Å². The smallest absolute Gasteiger partial charge is 0.0743 e. The van der Waals surface area contributed by atoms with Gasteiger partial charge >= 0.3 is 0 Å². The van der Waals surface area contributed by atoms with Crippen molar-refractivity contribution in [3.63, 3.8) is 0 Å². The molecular formula is C25H25N. The van der Waals surface area contributed by atoms with Gasteiger partial charge in [0, 0.05) is 11.6 Å². The Morgan fingerprint density at radius 3 is 2.73 bits per heavy atom. The zero-order chi connectivity index (χ0) is 17.9. The van der Waals surface area contributed by atoms with Gasteiger partial charge in [0.25, 0.3) is 0 Å². The van der Waals surface area contributed by atoms with Gasteiger partial charge < -0.3 is 0 Å². The normalized spacial score (nSPS) is 16.9. The average molecular weight is 339 g/mol. The van der Waals surface area contributed by atoms with E-state index in [0.717, 1.165) is 18.5 Å². The standard InChI is InChI=1S/C25H25N/c1-18(2)8-7-12-22-16-20-10-3-4-11-21(20)17-24(22)25-23-13-6-5-9-19(23)14-15-26-25/h3-11,13-15,17-18,22H,12,16H2,1-2H3. The second kappa shape index (κ2) is 7.29. The van der Waals surface area contributed by atoms with E-state index in [-0.39, 0.29) is 0 Å². The van der Waals surface area contributed by atoms with E-state index in [1.807, 2.05) is 6.20 Å². The predicted octanol–water partition coefficient (Wildman–Crippen LogP) is 6.55. The summed E-state index contributed by atoms with van der Waals surface area (Å²) in [7, 11) is 0. The minimum absolute atomic E-state index is 0.471. The summed E-state index contributed by atoms with van der Waals surface area (Å²) in [4.78, 5) is 4.80. The molecule has 1 heterocycles. The molecule has 1 atom stereocenters. The van der Waals surface area contributed by atoms with Gasteiger partial charge in [-0.1, -0.05) is 74.5 Å². The van der Waals surface area contributed by atoms with Crippen molar-refractivity contribution in [3.05, 3.63) is 89.8 Å². The summed E-state index contributed by atoms with van der Waals surface area (Å²) in [5, 5.41) is 2.51. The molecule has 2 aromatic carbocycles. The number of allylic oxidation sites excluding steroid dienone is 3. The van der Waals surface area contributed by atoms with Crippen LogP contribution in [0, 0.1) is 11.8 Å². The maximum atomic E-state index is 4.80. The topological polar surface area (TPSA) is 12.9 Å². The maximum absolute atomic E-state index is 4.80. The highest BCUT2D eigenvalue weighted by Gasteiger charge is 2.23. The molecule has 0 amide bonds. The van der Waals surface area contributed by atoms with Gasteiger partial charge in [-0.3, -0.25) is 4.98 Å². The molecule has 4 rings (SSSR count). The number of fused-ring (bicyclic) bond motifs is 2. The van der Waals surface area contributed by atoms with Crippen LogP contribution in [-0.2, 0) is 6.42 Å². The molecule has 1 heteroatoms. The van der Waals surface area contributed by atoms with Crippen LogP contribution in [0.3, 0.4) is 0 Å². The number of hydrogen-bond acceptors (Lipinski definition) is 1. The van der Waals surface area contributed by atoms with E-state index in [1.54, 1.807) is 0 Å². The Bertz CT molecular complexity index is 973. The molecule has 3 aromatic rings. The summed E-state index contributed by atoms with van der Waals surface area (Å²) < 4.78 is 0. The summed E-state index contributed by atoms with van der Waals surface area (Å²) in [6, 6.07) is 19.4. The van der Waals surface area contributed by atoms with Crippen molar-refractivity contribution >= 4 is 22.4 Å². The van der Waals surface area contributed by atoms with Crippen molar-refractivity contribution in [2.75, 3.05) is 0 Å². The first kappa shape index (κ1) is 16.8. The van der Waals surface area contributed by atoms with E-state index in [4.69, 9.17) is 4.98 Å². The van der Waals surface area contributed by atoms with Gasteiger partial charge in [-0.2, -0.15) is 0 Å². The van der Waals surface area contributed by atoms with Crippen molar-refractivity contribution in [1.82, 2.24) is 4.98 Å². The van der Waals surface area contributed by atoms with E-state index < -0.39 is 0 Å². The molecule has 0 fully saturated rings. The van der Waals surface area contributed by atoms with Crippen LogP contribution in [-0.4, -0.2) is 4.98 Å². The third-order valence-corrected chi connectivity index (χ3v) is 5.16. The summed E-state index contributed by atoms with van der Waals surface area (Å²) >= 11 is 0. The Hall–Kier alpha value is -2.67. The Morgan fingerprint density at radius 2 is 1.85 bits per heavy atom. The summed E-state index contributed by atoms with van der Waals surface area (Å²) in [6.07, 6.45) is 11.1. The van der Waals surface area contributed by atoms with Gasteiger partial charge in [0.1, 0.15) is 0 Å². The highest BCUT2D eigenvalue weighted by atomic mass is 14.7. The minimum Gasteiger partial charge on any atom is -0.256 e. The number of benzene rings is 2. The number of nitrogens with zero attached hydrogens (tertiary/aromatic N) is 1. The molecule has 130 valence electrons. The Balaban J connectivity index is 1.82. The van der Waals surface area contributed by atoms with Gasteiger partial charge in [0.05, 0.1) is 5.69 Å². The Labute approximate surface area is 156 Å². The molecule has 26 heavy (non-hydrogen) atoms. The molecule has 0 aliphatic heterocycles. The third-order valence-electron chi connectivity index (χ3n) is 5.16. The largest absolute Gasteiger partial charge is 0.256 e. The van der Waals surface area contributed by atoms with Gasteiger partial charge in [-0.05, 0) is 58.9 Å². The number of rotatable bonds is 4. The second-order valence-corrected chi connectivity index (χ2v) is 7.49. The van der Waals surface area contributed by atoms with Crippen molar-refractivity contribution in [1.29, 1.82) is 0 Å². The van der Waals surface area contributed by atoms with Crippen LogP contribution in [0.2, 0.25) is 0 Å². The van der Waals surface area contributed by atoms with Crippen molar-refractivity contribution < 1.29 is 0 Å². The van der Waals surface area contributed by atoms with Crippen LogP contribution < -0.4 is 0 Å². The zero-order valence-electron chi connectivity index (χ0n) is 15.5. The second-order valence-electron chi connectivity index (χ2n) is 7.49. The lowest BCUT2D eigenvalue weighted by Crippen LogP contribution is -2.13. The SMILES string of the molecule is CC(C)C=CCC1Cc2ccccc2C=C1c1nccc2ccccc12. The van der Waals surface area contributed by atoms with Crippen molar-refractivity contribution in [2.45, 2.75) is 26.7 Å². The molecule has 0 spiro atoms. The average Bonchev–Trinajstić information content (AvgIpc) is 2.67. The van der Waals surface area contributed by atoms with E-state index in [0.29, 0.717) is 11.8 Å². The molecule has 1 nitrogen and oxygen atoms in total. The van der Waals surface area contributed by atoms with Crippen molar-refractivity contribution in [2.24, 2.45) is 11.8 Å². The molecule has 0 saturated heterocycles. The fourth-order valence-electron chi connectivity index (χ4n) is 3.86. The first-order valence-electron chi connectivity index (χ1n) is 9.52. The zero-order valence-corrected chi connectivity index (χ0v) is 15.5. The molecule has 1 aliphatic rings. The first-order valence-corrected chi connectivity index (χ1v) is 9.52. The highest BCUT2D eigenvalue weighted by Crippen LogP contribution is 2.38. The molecule has 1 unspecified atom stereocenters. The van der Waals surface area contributed by atoms with E-state index >= 15 is 0 Å². The van der Waals surface area contributed by atoms with Gasteiger partial charge in [0.2, 0.25) is 0 Å². The number of pyridine rings is 1. The van der Waals surface area contributed by atoms with Gasteiger partial charge in [-0.15, -0.1) is 0 Å². The quantitative estimate of drug-likeness (QED) is 0.491. The fraction of sp³-hybridized carbons (Fsp3) is 0.240. The molecule has 1 aromatic heterocycles. The van der Waals surface area contributed by atoms with E-state index in [2.05, 4.69) is 86.7 Å². The predicted molar refractivity (Wildman–Crippen MR) is 112 cm³/mol. The molecule has 0 radical (unpaired) electrons. The van der Waals surface area contributed by atoms with Gasteiger partial charge in [-0.25, -0.2) is 0 Å². The van der Waals surface area contributed by atoms with Crippen LogP contribution in [0.5, 0.6) is 0 Å². The Kier molecular flexibility index (Phi) is 4.71. The van der Waals surface area contributed by atoms with Crippen LogP contribution >= 0.6 is 0 Å². The summed E-state index contributed by atoms with van der Waals surface area (Å²) in [5.41, 5.74) is 5.29. The highest BCUT2D eigenvalue weighted by molar-refractivity contribution is 5.97. The van der Waals surface area contributed by atoms with Gasteiger partial charge in [0.15, 0.2) is 0 Å². The monoisotopic (exact) mass is 339 g/mol. The third kappa shape index (κ3) is 3.35. The lowest BCUT2D eigenvalue weighted by atomic mass is 9.79. The maximum Gasteiger partial charge on any atom is 0.0743 e. The molecular weight excluding hydrogens is 314 g/mol. The Morgan fingerprint density at radius 1 is 1.04 bits per heavy atom. The lowest BCUT2D eigenvalue weighted by Gasteiger charge is -2.26. The van der Waals surface area contributed by atoms with Crippen molar-refractivity contribution in [3.8, 4) is 0 Å². The lowest BCUT2D eigenvalue weighted by molar-refractivity contribution is 0.666. The van der Waals surface area contributed by atoms with Crippen LogP contribution in [0.25, 0.3) is 22.4 Å². The molecule has 0 N–H and O–H groups in total. The summed E-state index contributed by atoms with van der Waals surface area (Å²) in [5.74, 6) is 1.06. The number of aromatic nitrogens is 1. The van der Waals surface area contributed by atoms with Crippen LogP contribution in [0.1, 0.15) is 37.1 Å². The number of hydrogen-bond donors (Lipinski definition) is 0. The molecule has 0 saturated carbocycles. The minimum atomic E-state index is 0.471. The van der Waals surface area contributed by atoms with Crippen LogP contribution in [0.15, 0.2) is 72.9 Å². The molecule has 1 aliphatic carbocycles. The summed E-state index contributed by atoms with van der Waals surface area (Å²) in [6.45, 7) is 4.46. The first-order chi connectivity index (χ1) is 12.7. The van der Waals surface area contributed by atoms with E-state index in [9.17, 15) is 0 Å².